The topological polar surface area (TPSA) is 102 Å². The van der Waals surface area contributed by atoms with Gasteiger partial charge in [-0.1, -0.05) is 59.0 Å². The molecule has 0 saturated heterocycles. The zero-order valence-corrected chi connectivity index (χ0v) is 22.7. The summed E-state index contributed by atoms with van der Waals surface area (Å²) in [5, 5.41) is 13.7. The van der Waals surface area contributed by atoms with Gasteiger partial charge in [0.2, 0.25) is 5.52 Å². The predicted octanol–water partition coefficient (Wildman–Crippen LogP) is 4.66. The van der Waals surface area contributed by atoms with E-state index in [1.807, 2.05) is 53.1 Å². The Bertz CT molecular complexity index is 1620. The van der Waals surface area contributed by atoms with Gasteiger partial charge >= 0.3 is 5.97 Å². The first-order valence-corrected chi connectivity index (χ1v) is 14.2. The first-order chi connectivity index (χ1) is 16.7. The molecule has 0 bridgehead atoms. The fraction of sp³-hybridized carbons (Fsp3) is 0.167. The average Bonchev–Trinajstić information content (AvgIpc) is 3.31. The molecule has 0 amide bonds. The molecule has 0 fully saturated rings. The molecule has 3 aromatic carbocycles. The van der Waals surface area contributed by atoms with E-state index in [-0.39, 0.29) is 26.5 Å². The average molecular weight is 580 g/mol. The van der Waals surface area contributed by atoms with Crippen LogP contribution in [0, 0.1) is 0 Å². The van der Waals surface area contributed by atoms with Gasteiger partial charge in [0.25, 0.3) is 5.01 Å². The number of thiol groups is 1. The smallest absolute Gasteiger partial charge is 0.323 e. The lowest BCUT2D eigenvalue weighted by atomic mass is 10.1. The van der Waals surface area contributed by atoms with Gasteiger partial charge in [-0.3, -0.25) is 4.79 Å². The molecule has 1 aliphatic rings. The lowest BCUT2D eigenvalue weighted by Crippen LogP contribution is -2.36. The minimum absolute atomic E-state index is 0. The fourth-order valence-corrected chi connectivity index (χ4v) is 7.13. The molecule has 1 aliphatic heterocycles. The number of thioether (sulfide) groups is 1. The third-order valence-electron chi connectivity index (χ3n) is 5.62. The second kappa shape index (κ2) is 10.6. The number of nitrogens with zero attached hydrogens (tertiary/aromatic N) is 2. The minimum Gasteiger partial charge on any atom is -0.813 e. The van der Waals surface area contributed by atoms with Crippen molar-refractivity contribution in [1.82, 2.24) is 0 Å². The number of rotatable bonds is 7. The summed E-state index contributed by atoms with van der Waals surface area (Å²) in [4.78, 5) is 14.2. The number of benzene rings is 3. The third-order valence-corrected chi connectivity index (χ3v) is 8.86. The molecule has 0 saturated carbocycles. The summed E-state index contributed by atoms with van der Waals surface area (Å²) >= 11 is 9.17. The van der Waals surface area contributed by atoms with Crippen molar-refractivity contribution in [2.75, 3.05) is 17.2 Å². The first kappa shape index (κ1) is 26.8. The van der Waals surface area contributed by atoms with Crippen LogP contribution in [0.3, 0.4) is 0 Å². The summed E-state index contributed by atoms with van der Waals surface area (Å²) in [6, 6.07) is 17.4. The Morgan fingerprint density at radius 3 is 2.69 bits per heavy atom. The number of anilines is 1. The highest BCUT2D eigenvalue weighted by molar-refractivity contribution is 8.04. The second-order valence-electron chi connectivity index (χ2n) is 8.02. The van der Waals surface area contributed by atoms with Gasteiger partial charge in [-0.05, 0) is 35.7 Å². The van der Waals surface area contributed by atoms with Gasteiger partial charge in [-0.25, -0.2) is 8.42 Å². The maximum atomic E-state index is 11.6. The van der Waals surface area contributed by atoms with Crippen LogP contribution in [-0.2, 0) is 35.0 Å². The van der Waals surface area contributed by atoms with E-state index in [1.54, 1.807) is 17.0 Å². The molecule has 1 aromatic heterocycles. The highest BCUT2D eigenvalue weighted by Gasteiger charge is 2.30. The van der Waals surface area contributed by atoms with Crippen molar-refractivity contribution in [3.05, 3.63) is 69.7 Å². The van der Waals surface area contributed by atoms with Crippen molar-refractivity contribution in [2.45, 2.75) is 17.9 Å². The van der Waals surface area contributed by atoms with Crippen LogP contribution in [0.1, 0.15) is 11.4 Å². The normalized spacial score (nSPS) is 14.4. The van der Waals surface area contributed by atoms with Crippen molar-refractivity contribution in [2.24, 2.45) is 0 Å². The zero-order valence-electron chi connectivity index (χ0n) is 18.6. The molecule has 4 aromatic rings. The number of carboxylic acids is 1. The molecule has 0 radical (unpaired) electrons. The lowest BCUT2D eigenvalue weighted by Gasteiger charge is -2.17. The molecule has 0 aliphatic carbocycles. The largest absolute Gasteiger partial charge is 0.813 e. The van der Waals surface area contributed by atoms with Gasteiger partial charge in [-0.15, -0.1) is 0 Å². The molecule has 5 rings (SSSR count). The van der Waals surface area contributed by atoms with Crippen molar-refractivity contribution in [3.63, 3.8) is 0 Å². The number of halogens is 1. The van der Waals surface area contributed by atoms with E-state index in [2.05, 4.69) is 0 Å². The molecule has 0 atom stereocenters. The number of thiazole rings is 1. The standard InChI is InChI=1S/C24H19ClN2O5S3.H2S/c25-16-7-9-19-18(12-16)27(14-23(28)29)22(33-19)13-21-26(10-3-11-35(30,31)32)24-17-5-2-1-4-15(17)6-8-20(24)34-21;/h1-2,4-9,12-13H,3,10-11,14H2,(H-,28,29,30,31,32);1H2/p-1. The quantitative estimate of drug-likeness (QED) is 0.146. The van der Waals surface area contributed by atoms with E-state index >= 15 is 0 Å². The van der Waals surface area contributed by atoms with E-state index in [9.17, 15) is 22.9 Å². The Hall–Kier alpha value is -2.28. The number of hydrogen-bond acceptors (Lipinski definition) is 8. The molecule has 7 nitrogen and oxygen atoms in total. The van der Waals surface area contributed by atoms with Crippen molar-refractivity contribution in [1.29, 1.82) is 0 Å². The summed E-state index contributed by atoms with van der Waals surface area (Å²) in [7, 11) is -4.34. The van der Waals surface area contributed by atoms with Gasteiger partial charge < -0.3 is 28.1 Å². The summed E-state index contributed by atoms with van der Waals surface area (Å²) in [6.07, 6.45) is 2.09. The maximum absolute atomic E-state index is 11.6. The first-order valence-electron chi connectivity index (χ1n) is 10.7. The molecule has 0 unspecified atom stereocenters. The molecule has 12 heteroatoms. The Morgan fingerprint density at radius 1 is 1.17 bits per heavy atom. The number of aromatic nitrogens is 1. The minimum atomic E-state index is -4.34. The molecule has 36 heavy (non-hydrogen) atoms. The van der Waals surface area contributed by atoms with Crippen LogP contribution in [0.4, 0.5) is 5.69 Å². The summed E-state index contributed by atoms with van der Waals surface area (Å²) in [5.74, 6) is -1.43. The molecule has 188 valence electrons. The van der Waals surface area contributed by atoms with Crippen LogP contribution in [0.2, 0.25) is 5.02 Å². The summed E-state index contributed by atoms with van der Waals surface area (Å²) in [5.41, 5.74) is 1.68. The predicted molar refractivity (Wildman–Crippen MR) is 148 cm³/mol. The van der Waals surface area contributed by atoms with Gasteiger partial charge in [0, 0.05) is 22.1 Å². The number of hydrogen-bond donors (Lipinski definition) is 1. The van der Waals surface area contributed by atoms with Crippen LogP contribution >= 0.6 is 34.7 Å². The van der Waals surface area contributed by atoms with Gasteiger partial charge in [0.05, 0.1) is 32.3 Å². The zero-order chi connectivity index (χ0) is 24.7. The van der Waals surface area contributed by atoms with Crippen LogP contribution in [-0.4, -0.2) is 36.3 Å². The van der Waals surface area contributed by atoms with Crippen LogP contribution < -0.4 is 9.47 Å². The van der Waals surface area contributed by atoms with Gasteiger partial charge in [0.1, 0.15) is 11.2 Å². The third kappa shape index (κ3) is 5.51. The fourth-order valence-electron chi connectivity index (χ4n) is 4.19. The molecular formula is C24H20ClN2O5S4-. The Labute approximate surface area is 228 Å². The highest BCUT2D eigenvalue weighted by atomic mass is 35.5. The van der Waals surface area contributed by atoms with E-state index in [4.69, 9.17) is 11.6 Å². The van der Waals surface area contributed by atoms with Gasteiger partial charge in [0.15, 0.2) is 6.54 Å². The Morgan fingerprint density at radius 2 is 1.94 bits per heavy atom. The number of fused-ring (bicyclic) bond motifs is 4. The Kier molecular flexibility index (Phi) is 7.89. The van der Waals surface area contributed by atoms with E-state index in [0.717, 1.165) is 41.6 Å². The SMILES string of the molecule is O=C(O)CN1C(=Cc2sc3ccc4ccccc4c3[n+]2CCCS(=O)(=O)[O-])Sc2ccc(Cl)cc21.[SH-]. The van der Waals surface area contributed by atoms with Crippen molar-refractivity contribution in [3.8, 4) is 0 Å². The molecule has 2 heterocycles. The van der Waals surface area contributed by atoms with E-state index < -0.39 is 21.8 Å². The van der Waals surface area contributed by atoms with Crippen LogP contribution in [0.25, 0.3) is 27.1 Å². The number of carbonyl (C=O) groups is 1. The highest BCUT2D eigenvalue weighted by Crippen LogP contribution is 2.47. The van der Waals surface area contributed by atoms with Crippen LogP contribution in [0.15, 0.2) is 64.5 Å². The second-order valence-corrected chi connectivity index (χ2v) is 12.1. The molecule has 1 N–H and O–H groups in total. The van der Waals surface area contributed by atoms with Crippen molar-refractivity contribution >= 4 is 97.0 Å². The lowest BCUT2D eigenvalue weighted by molar-refractivity contribution is -0.667. The molecule has 0 spiro atoms. The summed E-state index contributed by atoms with van der Waals surface area (Å²) in [6.45, 7) is 0.103. The number of aryl methyl sites for hydroxylation is 1. The van der Waals surface area contributed by atoms with E-state index in [1.165, 1.54) is 23.1 Å². The van der Waals surface area contributed by atoms with Crippen LogP contribution in [0.5, 0.6) is 0 Å². The van der Waals surface area contributed by atoms with Crippen molar-refractivity contribution < 1.29 is 27.4 Å². The number of aliphatic carboxylic acids is 1. The van der Waals surface area contributed by atoms with Gasteiger partial charge in [-0.2, -0.15) is 4.57 Å². The Balaban J connectivity index is 0.00000304. The monoisotopic (exact) mass is 579 g/mol. The molecular weight excluding hydrogens is 560 g/mol. The van der Waals surface area contributed by atoms with E-state index in [0.29, 0.717) is 11.6 Å². The maximum Gasteiger partial charge on any atom is 0.323 e. The summed E-state index contributed by atoms with van der Waals surface area (Å²) < 4.78 is 36.8. The number of carboxylic acid groups (broad SMARTS) is 1.